The van der Waals surface area contributed by atoms with Crippen LogP contribution in [-0.4, -0.2) is 112 Å². The van der Waals surface area contributed by atoms with E-state index >= 15 is 0 Å². The van der Waals surface area contributed by atoms with Crippen molar-refractivity contribution < 1.29 is 60.5 Å². The summed E-state index contributed by atoms with van der Waals surface area (Å²) in [6, 6.07) is 7.15. The van der Waals surface area contributed by atoms with Gasteiger partial charge in [0.15, 0.2) is 11.5 Å². The maximum Gasteiger partial charge on any atom is 0.203 e. The van der Waals surface area contributed by atoms with Crippen molar-refractivity contribution in [2.24, 2.45) is 0 Å². The van der Waals surface area contributed by atoms with Gasteiger partial charge in [-0.3, -0.25) is 0 Å². The summed E-state index contributed by atoms with van der Waals surface area (Å²) < 4.78 is 73.4. The zero-order chi connectivity index (χ0) is 32.9. The van der Waals surface area contributed by atoms with E-state index in [2.05, 4.69) is 4.52 Å². The molecule has 1 fully saturated rings. The summed E-state index contributed by atoms with van der Waals surface area (Å²) in [7, 11) is -3.55. The van der Waals surface area contributed by atoms with Gasteiger partial charge in [0.1, 0.15) is 0 Å². The van der Waals surface area contributed by atoms with Crippen molar-refractivity contribution in [3.8, 4) is 28.7 Å². The number of carbonyl (C=O) groups excluding carboxylic acids is 1. The smallest absolute Gasteiger partial charge is 0.203 e. The number of phosphoric ester groups is 1. The molecular formula is C28H40NaO13PS. The van der Waals surface area contributed by atoms with Crippen LogP contribution < -0.4 is 26.5 Å². The van der Waals surface area contributed by atoms with E-state index in [1.807, 2.05) is 19.1 Å². The molecule has 0 radical (unpaired) electrons. The number of rotatable bonds is 16. The molecular weight excluding hydrogens is 630 g/mol. The fraction of sp³-hybridized carbons (Fsp3) is 0.536. The Kier molecular flexibility index (Phi) is 16.0. The van der Waals surface area contributed by atoms with E-state index in [0.717, 1.165) is 22.4 Å². The molecule has 0 bridgehead atoms. The number of sulfone groups is 1. The maximum atomic E-state index is 12.6. The molecule has 2 N–H and O–H groups in total. The number of hydrogen-bond donors (Lipinski definition) is 2. The topological polar surface area (TPSA) is 173 Å². The molecule has 16 heteroatoms. The molecule has 1 aliphatic heterocycles. The fourth-order valence-corrected chi connectivity index (χ4v) is 6.92. The Labute approximate surface area is 276 Å². The van der Waals surface area contributed by atoms with Gasteiger partial charge < -0.3 is 18.9 Å². The summed E-state index contributed by atoms with van der Waals surface area (Å²) in [6.07, 6.45) is 1.86. The molecule has 2 aromatic carbocycles. The molecule has 13 nitrogen and oxygen atoms in total. The third-order valence-corrected chi connectivity index (χ3v) is 9.09. The molecule has 0 aromatic heterocycles. The van der Waals surface area contributed by atoms with Gasteiger partial charge >= 0.3 is 177 Å². The average molecular weight is 671 g/mol. The molecule has 1 saturated heterocycles. The molecule has 1 heterocycles. The predicted molar refractivity (Wildman–Crippen MR) is 163 cm³/mol. The average Bonchev–Trinajstić information content (AvgIpc) is 3.49. The van der Waals surface area contributed by atoms with Crippen LogP contribution in [0.15, 0.2) is 29.2 Å². The van der Waals surface area contributed by atoms with Gasteiger partial charge in [-0.25, -0.2) is 0 Å². The van der Waals surface area contributed by atoms with Crippen LogP contribution in [0.25, 0.3) is 0 Å². The van der Waals surface area contributed by atoms with Crippen LogP contribution in [0.5, 0.6) is 28.7 Å². The Bertz CT molecular complexity index is 1360. The SMILES string of the molecule is CCCOc1c(OCCCOP(=O)(O)O)c[c]([Na])cc1S(=O)(=O)CC(C)=O.COc1cc([C@@H]2CCOC2)cc(OC)c1OC. The van der Waals surface area contributed by atoms with Gasteiger partial charge in [0, 0.05) is 12.5 Å². The van der Waals surface area contributed by atoms with Crippen LogP contribution in [0.1, 0.15) is 44.6 Å². The summed E-state index contributed by atoms with van der Waals surface area (Å²) in [6.45, 7) is 4.74. The van der Waals surface area contributed by atoms with E-state index in [1.165, 1.54) is 18.6 Å². The van der Waals surface area contributed by atoms with E-state index in [-0.39, 0.29) is 42.6 Å². The first-order valence-electron chi connectivity index (χ1n) is 14.0. The fourth-order valence-electron chi connectivity index (χ4n) is 4.30. The normalized spacial score (nSPS) is 14.8. The van der Waals surface area contributed by atoms with E-state index in [4.69, 9.17) is 38.2 Å². The van der Waals surface area contributed by atoms with Crippen LogP contribution in [0.2, 0.25) is 0 Å². The van der Waals surface area contributed by atoms with Crippen LogP contribution >= 0.6 is 7.82 Å². The molecule has 1 aliphatic rings. The van der Waals surface area contributed by atoms with Crippen molar-refractivity contribution in [3.05, 3.63) is 29.8 Å². The van der Waals surface area contributed by atoms with Crippen LogP contribution in [-0.2, 0) is 28.5 Å². The minimum Gasteiger partial charge on any atom is -0.493 e. The van der Waals surface area contributed by atoms with Gasteiger partial charge in [-0.1, -0.05) is 0 Å². The largest absolute Gasteiger partial charge is 0.493 e. The number of hydrogen-bond acceptors (Lipinski definition) is 11. The number of methoxy groups -OCH3 is 3. The number of ketones is 1. The zero-order valence-corrected chi connectivity index (χ0v) is 29.7. The molecule has 2 aromatic rings. The number of Topliss-reactive ketones (excluding diaryl/α,β-unsaturated/α-hetero) is 1. The minimum absolute atomic E-state index is 0.0414. The Balaban J connectivity index is 0.000000338. The first-order valence-corrected chi connectivity index (χ1v) is 18.1. The minimum atomic E-state index is -4.54. The third kappa shape index (κ3) is 12.1. The Morgan fingerprint density at radius 1 is 0.977 bits per heavy atom. The van der Waals surface area contributed by atoms with Gasteiger partial charge in [-0.15, -0.1) is 0 Å². The summed E-state index contributed by atoms with van der Waals surface area (Å²) in [5.41, 5.74) is 1.18. The molecule has 0 aliphatic carbocycles. The first-order chi connectivity index (χ1) is 20.8. The van der Waals surface area contributed by atoms with Gasteiger partial charge in [-0.2, -0.15) is 0 Å². The quantitative estimate of drug-likeness (QED) is 0.152. The maximum absolute atomic E-state index is 12.6. The standard InChI is InChI=1S/C15H22O9PS.C13H18O4.Na/c1-3-8-23-15-13(22-9-5-10-24-25(17,18)19)6-4-7-14(15)26(20,21)11-12(2)16;1-14-11-6-10(9-4-5-17-8-9)7-12(15-2)13(11)16-3;/h6-7H,3,5,8-11H2,1-2H3,(H2,17,18,19);6-7,9H,4-5,8H2,1-3H3;/t;9-;/m.1./s1. The van der Waals surface area contributed by atoms with Gasteiger partial charge in [0.25, 0.3) is 0 Å². The monoisotopic (exact) mass is 670 g/mol. The van der Waals surface area contributed by atoms with Crippen molar-refractivity contribution in [1.82, 2.24) is 0 Å². The second-order valence-corrected chi connectivity index (χ2v) is 14.3. The van der Waals surface area contributed by atoms with E-state index < -0.39 is 29.2 Å². The molecule has 0 amide bonds. The molecule has 0 spiro atoms. The van der Waals surface area contributed by atoms with Crippen molar-refractivity contribution in [2.45, 2.75) is 43.9 Å². The molecule has 3 rings (SSSR count). The summed E-state index contributed by atoms with van der Waals surface area (Å²) in [5, 5.41) is 0. The first kappa shape index (κ1) is 38.3. The molecule has 44 heavy (non-hydrogen) atoms. The second kappa shape index (κ2) is 18.3. The van der Waals surface area contributed by atoms with Crippen LogP contribution in [0.4, 0.5) is 0 Å². The van der Waals surface area contributed by atoms with Crippen LogP contribution in [0.3, 0.4) is 0 Å². The van der Waals surface area contributed by atoms with Crippen molar-refractivity contribution >= 4 is 54.2 Å². The van der Waals surface area contributed by atoms with Crippen molar-refractivity contribution in [2.75, 3.05) is 60.1 Å². The number of carbonyl (C=O) groups is 1. The number of phosphoric acid groups is 1. The van der Waals surface area contributed by atoms with Crippen LogP contribution in [0, 0.1) is 0 Å². The summed E-state index contributed by atoms with van der Waals surface area (Å²) in [4.78, 5) is 28.5. The Morgan fingerprint density at radius 2 is 1.64 bits per heavy atom. The third-order valence-electron chi connectivity index (χ3n) is 6.24. The number of benzene rings is 2. The molecule has 0 saturated carbocycles. The second-order valence-electron chi connectivity index (χ2n) is 9.94. The van der Waals surface area contributed by atoms with E-state index in [0.29, 0.717) is 57.5 Å². The van der Waals surface area contributed by atoms with E-state index in [9.17, 15) is 17.8 Å². The Hall–Kier alpha value is -1.87. The summed E-state index contributed by atoms with van der Waals surface area (Å²) in [5.74, 6) is 1.62. The van der Waals surface area contributed by atoms with Crippen molar-refractivity contribution in [1.29, 1.82) is 0 Å². The summed E-state index contributed by atoms with van der Waals surface area (Å²) >= 11 is 0.548. The van der Waals surface area contributed by atoms with Gasteiger partial charge in [-0.05, 0) is 24.1 Å². The zero-order valence-electron chi connectivity index (χ0n) is 26.0. The Morgan fingerprint density at radius 3 is 2.14 bits per heavy atom. The number of ether oxygens (including phenoxy) is 6. The molecule has 0 unspecified atom stereocenters. The van der Waals surface area contributed by atoms with Gasteiger partial charge in [0.2, 0.25) is 5.75 Å². The van der Waals surface area contributed by atoms with Crippen molar-refractivity contribution in [3.63, 3.8) is 0 Å². The van der Waals surface area contributed by atoms with Gasteiger partial charge in [0.05, 0.1) is 27.9 Å². The molecule has 1 atom stereocenters. The predicted octanol–water partition coefficient (Wildman–Crippen LogP) is 2.73. The van der Waals surface area contributed by atoms with E-state index in [1.54, 1.807) is 27.4 Å². The molecule has 242 valence electrons.